The van der Waals surface area contributed by atoms with Crippen molar-refractivity contribution in [2.75, 3.05) is 43.5 Å². The number of nitrogens with zero attached hydrogens (tertiary/aromatic N) is 2. The molecule has 2 aromatic rings. The van der Waals surface area contributed by atoms with E-state index in [9.17, 15) is 4.79 Å². The summed E-state index contributed by atoms with van der Waals surface area (Å²) < 4.78 is 5.11. The number of methoxy groups -OCH3 is 1. The third kappa shape index (κ3) is 4.30. The normalized spacial score (nSPS) is 14.4. The van der Waals surface area contributed by atoms with Crippen molar-refractivity contribution in [3.63, 3.8) is 0 Å². The van der Waals surface area contributed by atoms with Crippen molar-refractivity contribution in [2.24, 2.45) is 0 Å². The Labute approximate surface area is 157 Å². The van der Waals surface area contributed by atoms with E-state index in [0.717, 1.165) is 30.2 Å². The maximum absolute atomic E-state index is 12.4. The average molecular weight is 380 g/mol. The summed E-state index contributed by atoms with van der Waals surface area (Å²) in [7, 11) is 1.61. The molecule has 0 atom stereocenters. The highest BCUT2D eigenvalue weighted by atomic mass is 35.5. The standard InChI is InChI=1S/C18H19Cl2N3O2/c1-25-15-5-3-14(4-6-15)21-18(24)23-10-8-22(9-11-23)17-7-2-13(19)12-16(17)20/h2-7,12H,8-11H2,1H3,(H,21,24). The Bertz CT molecular complexity index is 744. The van der Waals surface area contributed by atoms with Crippen molar-refractivity contribution in [1.82, 2.24) is 4.90 Å². The van der Waals surface area contributed by atoms with Crippen LogP contribution in [0.4, 0.5) is 16.2 Å². The zero-order valence-corrected chi connectivity index (χ0v) is 15.3. The molecule has 0 unspecified atom stereocenters. The van der Waals surface area contributed by atoms with Gasteiger partial charge < -0.3 is 19.9 Å². The third-order valence-corrected chi connectivity index (χ3v) is 4.70. The van der Waals surface area contributed by atoms with Crippen LogP contribution in [0.5, 0.6) is 5.75 Å². The highest BCUT2D eigenvalue weighted by Gasteiger charge is 2.22. The number of amides is 2. The van der Waals surface area contributed by atoms with Crippen molar-refractivity contribution >= 4 is 40.6 Å². The monoisotopic (exact) mass is 379 g/mol. The van der Waals surface area contributed by atoms with E-state index in [1.54, 1.807) is 18.1 Å². The fraction of sp³-hybridized carbons (Fsp3) is 0.278. The first-order valence-electron chi connectivity index (χ1n) is 7.97. The van der Waals surface area contributed by atoms with Crippen molar-refractivity contribution in [3.8, 4) is 5.75 Å². The van der Waals surface area contributed by atoms with Crippen LogP contribution < -0.4 is 15.0 Å². The quantitative estimate of drug-likeness (QED) is 0.861. The Morgan fingerprint density at radius 3 is 2.32 bits per heavy atom. The number of rotatable bonds is 3. The van der Waals surface area contributed by atoms with Crippen LogP contribution in [0, 0.1) is 0 Å². The van der Waals surface area contributed by atoms with E-state index in [4.69, 9.17) is 27.9 Å². The van der Waals surface area contributed by atoms with Crippen LogP contribution in [0.1, 0.15) is 0 Å². The van der Waals surface area contributed by atoms with E-state index < -0.39 is 0 Å². The predicted molar refractivity (Wildman–Crippen MR) is 102 cm³/mol. The second-order valence-electron chi connectivity index (χ2n) is 5.73. The number of urea groups is 1. The van der Waals surface area contributed by atoms with Crippen LogP contribution in [0.15, 0.2) is 42.5 Å². The zero-order chi connectivity index (χ0) is 17.8. The van der Waals surface area contributed by atoms with Gasteiger partial charge in [-0.05, 0) is 42.5 Å². The summed E-state index contributed by atoms with van der Waals surface area (Å²) in [5.41, 5.74) is 1.69. The molecule has 1 fully saturated rings. The number of anilines is 2. The van der Waals surface area contributed by atoms with Gasteiger partial charge >= 0.3 is 6.03 Å². The Morgan fingerprint density at radius 1 is 1.04 bits per heavy atom. The van der Waals surface area contributed by atoms with Crippen molar-refractivity contribution in [1.29, 1.82) is 0 Å². The van der Waals surface area contributed by atoms with Crippen LogP contribution in [0.25, 0.3) is 0 Å². The molecule has 1 aliphatic rings. The Morgan fingerprint density at radius 2 is 1.72 bits per heavy atom. The topological polar surface area (TPSA) is 44.8 Å². The molecule has 2 aromatic carbocycles. The van der Waals surface area contributed by atoms with Crippen LogP contribution >= 0.6 is 23.2 Å². The minimum absolute atomic E-state index is 0.105. The molecule has 25 heavy (non-hydrogen) atoms. The highest BCUT2D eigenvalue weighted by molar-refractivity contribution is 6.36. The molecule has 0 saturated carbocycles. The number of halogens is 2. The van der Waals surface area contributed by atoms with Gasteiger partial charge in [0.05, 0.1) is 17.8 Å². The fourth-order valence-corrected chi connectivity index (χ4v) is 3.29. The van der Waals surface area contributed by atoms with E-state index in [-0.39, 0.29) is 6.03 Å². The molecule has 0 aliphatic carbocycles. The number of benzene rings is 2. The number of carbonyl (C=O) groups is 1. The second kappa shape index (κ2) is 7.85. The molecular weight excluding hydrogens is 361 g/mol. The summed E-state index contributed by atoms with van der Waals surface area (Å²) >= 11 is 12.2. The van der Waals surface area contributed by atoms with Crippen LogP contribution in [0.2, 0.25) is 10.0 Å². The summed E-state index contributed by atoms with van der Waals surface area (Å²) in [5, 5.41) is 4.15. The molecule has 0 bridgehead atoms. The Hall–Kier alpha value is -2.11. The average Bonchev–Trinajstić information content (AvgIpc) is 2.62. The van der Waals surface area contributed by atoms with Gasteiger partial charge in [0, 0.05) is 36.9 Å². The van der Waals surface area contributed by atoms with Gasteiger partial charge in [-0.2, -0.15) is 0 Å². The smallest absolute Gasteiger partial charge is 0.321 e. The maximum Gasteiger partial charge on any atom is 0.321 e. The van der Waals surface area contributed by atoms with Crippen LogP contribution in [-0.4, -0.2) is 44.2 Å². The highest BCUT2D eigenvalue weighted by Crippen LogP contribution is 2.29. The van der Waals surface area contributed by atoms with Crippen LogP contribution in [0.3, 0.4) is 0 Å². The van der Waals surface area contributed by atoms with Gasteiger partial charge in [-0.25, -0.2) is 4.79 Å². The molecule has 1 N–H and O–H groups in total. The van der Waals surface area contributed by atoms with Crippen molar-refractivity contribution in [2.45, 2.75) is 0 Å². The molecule has 3 rings (SSSR count). The maximum atomic E-state index is 12.4. The molecular formula is C18H19Cl2N3O2. The van der Waals surface area contributed by atoms with Crippen LogP contribution in [-0.2, 0) is 0 Å². The molecule has 0 radical (unpaired) electrons. The number of ether oxygens (including phenoxy) is 1. The summed E-state index contributed by atoms with van der Waals surface area (Å²) in [6, 6.07) is 12.6. The third-order valence-electron chi connectivity index (χ3n) is 4.16. The molecule has 7 heteroatoms. The number of hydrogen-bond donors (Lipinski definition) is 1. The molecule has 1 aliphatic heterocycles. The lowest BCUT2D eigenvalue weighted by Gasteiger charge is -2.36. The van der Waals surface area contributed by atoms with Crippen molar-refractivity contribution in [3.05, 3.63) is 52.5 Å². The first kappa shape index (κ1) is 17.7. The molecule has 1 saturated heterocycles. The van der Waals surface area contributed by atoms with Gasteiger partial charge in [0.15, 0.2) is 0 Å². The van der Waals surface area contributed by atoms with E-state index in [1.165, 1.54) is 0 Å². The van der Waals surface area contributed by atoms with E-state index in [2.05, 4.69) is 10.2 Å². The van der Waals surface area contributed by atoms with Crippen molar-refractivity contribution < 1.29 is 9.53 Å². The molecule has 0 spiro atoms. The predicted octanol–water partition coefficient (Wildman–Crippen LogP) is 4.36. The van der Waals surface area contributed by atoms with E-state index in [1.807, 2.05) is 36.4 Å². The molecule has 0 aromatic heterocycles. The molecule has 2 amide bonds. The summed E-state index contributed by atoms with van der Waals surface area (Å²) in [6.07, 6.45) is 0. The first-order chi connectivity index (χ1) is 12.1. The summed E-state index contributed by atoms with van der Waals surface area (Å²) in [5.74, 6) is 0.756. The summed E-state index contributed by atoms with van der Waals surface area (Å²) in [4.78, 5) is 16.4. The number of carbonyl (C=O) groups excluding carboxylic acids is 1. The molecule has 132 valence electrons. The largest absolute Gasteiger partial charge is 0.497 e. The number of hydrogen-bond acceptors (Lipinski definition) is 3. The number of nitrogens with one attached hydrogen (secondary N) is 1. The first-order valence-corrected chi connectivity index (χ1v) is 8.72. The van der Waals surface area contributed by atoms with E-state index >= 15 is 0 Å². The van der Waals surface area contributed by atoms with Gasteiger partial charge in [-0.1, -0.05) is 23.2 Å². The van der Waals surface area contributed by atoms with Gasteiger partial charge in [0.25, 0.3) is 0 Å². The fourth-order valence-electron chi connectivity index (χ4n) is 2.77. The van der Waals surface area contributed by atoms with E-state index in [0.29, 0.717) is 23.1 Å². The number of piperazine rings is 1. The summed E-state index contributed by atoms with van der Waals surface area (Å²) in [6.45, 7) is 2.69. The van der Waals surface area contributed by atoms with Gasteiger partial charge in [-0.15, -0.1) is 0 Å². The van der Waals surface area contributed by atoms with Gasteiger partial charge in [0.2, 0.25) is 0 Å². The Kier molecular flexibility index (Phi) is 5.56. The minimum Gasteiger partial charge on any atom is -0.497 e. The Balaban J connectivity index is 1.56. The lowest BCUT2D eigenvalue weighted by atomic mass is 10.2. The second-order valence-corrected chi connectivity index (χ2v) is 6.57. The molecule has 1 heterocycles. The minimum atomic E-state index is -0.105. The van der Waals surface area contributed by atoms with Gasteiger partial charge in [0.1, 0.15) is 5.75 Å². The lowest BCUT2D eigenvalue weighted by molar-refractivity contribution is 0.208. The lowest BCUT2D eigenvalue weighted by Crippen LogP contribution is -2.50. The SMILES string of the molecule is COc1ccc(NC(=O)N2CCN(c3ccc(Cl)cc3Cl)CC2)cc1. The van der Waals surface area contributed by atoms with Gasteiger partial charge in [-0.3, -0.25) is 0 Å². The zero-order valence-electron chi connectivity index (χ0n) is 13.8. The molecule has 5 nitrogen and oxygen atoms in total.